The van der Waals surface area contributed by atoms with E-state index in [1.807, 2.05) is 30.3 Å². The molecule has 1 aliphatic heterocycles. The van der Waals surface area contributed by atoms with Crippen molar-refractivity contribution in [2.24, 2.45) is 4.99 Å². The van der Waals surface area contributed by atoms with E-state index in [1.54, 1.807) is 68.6 Å². The van der Waals surface area contributed by atoms with E-state index in [-0.39, 0.29) is 28.4 Å². The number of benzene rings is 3. The first-order valence-electron chi connectivity index (χ1n) is 12.7. The Balaban J connectivity index is 1.46. The maximum atomic E-state index is 13.9. The largest absolute Gasteiger partial charge is 0.497 e. The molecule has 12 heteroatoms. The van der Waals surface area contributed by atoms with E-state index in [1.165, 1.54) is 4.68 Å². The number of H-pyrrole nitrogens is 1. The van der Waals surface area contributed by atoms with Gasteiger partial charge in [-0.2, -0.15) is 10.1 Å². The Morgan fingerprint density at radius 2 is 1.69 bits per heavy atom. The highest BCUT2D eigenvalue weighted by molar-refractivity contribution is 6.30. The van der Waals surface area contributed by atoms with Crippen LogP contribution >= 0.6 is 11.6 Å². The molecule has 0 atom stereocenters. The van der Waals surface area contributed by atoms with E-state index < -0.39 is 17.4 Å². The van der Waals surface area contributed by atoms with E-state index in [0.717, 1.165) is 5.01 Å². The van der Waals surface area contributed by atoms with Crippen LogP contribution in [0.4, 0.5) is 0 Å². The number of amidine groups is 1. The summed E-state index contributed by atoms with van der Waals surface area (Å²) in [6.07, 6.45) is 1.58. The number of nitrogens with one attached hydrogen (secondary N) is 2. The van der Waals surface area contributed by atoms with Gasteiger partial charge in [-0.3, -0.25) is 19.8 Å². The smallest absolute Gasteiger partial charge is 0.314 e. The lowest BCUT2D eigenvalue weighted by Gasteiger charge is -2.28. The lowest BCUT2D eigenvalue weighted by Crippen LogP contribution is -2.54. The second kappa shape index (κ2) is 10.8. The molecule has 5 aromatic rings. The Labute approximate surface area is 243 Å². The Hall–Kier alpha value is -5.55. The molecule has 3 aromatic carbocycles. The van der Waals surface area contributed by atoms with E-state index in [0.29, 0.717) is 33.3 Å². The number of nitrogens with zero attached hydrogens (tertiary/aromatic N) is 5. The number of carbonyl (C=O) groups is 2. The van der Waals surface area contributed by atoms with E-state index >= 15 is 0 Å². The number of halogens is 1. The standard InChI is InChI=1S/C30H22ClN7O4/c1-17-24-27(37(35-17)21-6-4-3-5-7-21)33-25(34-29(24)40)30(41)38-26(19-10-12-20(31)13-11-19)32-23(28(39)36-38)16-18-8-14-22(42-2)15-9-18/h3-16H,1-2H3,(H,36,39)(H,33,34,40)/b23-16-. The van der Waals surface area contributed by atoms with E-state index in [4.69, 9.17) is 16.3 Å². The zero-order chi connectivity index (χ0) is 29.4. The van der Waals surface area contributed by atoms with Crippen LogP contribution in [0.3, 0.4) is 0 Å². The van der Waals surface area contributed by atoms with Crippen LogP contribution in [-0.2, 0) is 4.79 Å². The van der Waals surface area contributed by atoms with Gasteiger partial charge in [-0.1, -0.05) is 41.9 Å². The summed E-state index contributed by atoms with van der Waals surface area (Å²) in [5.74, 6) is -0.987. The first-order valence-corrected chi connectivity index (χ1v) is 13.1. The zero-order valence-electron chi connectivity index (χ0n) is 22.3. The SMILES string of the molecule is COc1ccc(/C=C2\N=C(c3ccc(Cl)cc3)N(C(=O)c3nc4c(c(C)nn4-c4ccccc4)c(=O)[nH]3)NC2=O)cc1. The number of hydrazine groups is 1. The normalized spacial score (nSPS) is 14.2. The minimum Gasteiger partial charge on any atom is -0.497 e. The van der Waals surface area contributed by atoms with Gasteiger partial charge < -0.3 is 9.72 Å². The molecular formula is C30H22ClN7O4. The third-order valence-electron chi connectivity index (χ3n) is 6.52. The van der Waals surface area contributed by atoms with Crippen LogP contribution in [0, 0.1) is 6.92 Å². The van der Waals surface area contributed by atoms with Crippen molar-refractivity contribution in [1.82, 2.24) is 30.2 Å². The number of aliphatic imine (C=N–C) groups is 1. The third kappa shape index (κ3) is 4.93. The Morgan fingerprint density at radius 3 is 2.38 bits per heavy atom. The van der Waals surface area contributed by atoms with Crippen LogP contribution in [-0.4, -0.2) is 49.5 Å². The number of aromatic amines is 1. The summed E-state index contributed by atoms with van der Waals surface area (Å²) in [5, 5.41) is 6.14. The molecule has 3 heterocycles. The number of aromatic nitrogens is 4. The molecule has 0 unspecified atom stereocenters. The second-order valence-corrected chi connectivity index (χ2v) is 9.71. The molecule has 2 aromatic heterocycles. The molecule has 0 fully saturated rings. The number of amides is 2. The first-order chi connectivity index (χ1) is 20.3. The fraction of sp³-hybridized carbons (Fsp3) is 0.0667. The number of hydrogen-bond acceptors (Lipinski definition) is 7. The maximum absolute atomic E-state index is 13.9. The van der Waals surface area contributed by atoms with Crippen molar-refractivity contribution in [3.63, 3.8) is 0 Å². The molecule has 2 N–H and O–H groups in total. The van der Waals surface area contributed by atoms with Crippen LogP contribution in [0.1, 0.15) is 27.4 Å². The van der Waals surface area contributed by atoms with Crippen molar-refractivity contribution in [3.8, 4) is 11.4 Å². The van der Waals surface area contributed by atoms with Gasteiger partial charge in [0.05, 0.1) is 18.5 Å². The number of aryl methyl sites for hydroxylation is 1. The van der Waals surface area contributed by atoms with Gasteiger partial charge in [0, 0.05) is 10.6 Å². The van der Waals surface area contributed by atoms with Crippen LogP contribution in [0.25, 0.3) is 22.8 Å². The van der Waals surface area contributed by atoms with Crippen molar-refractivity contribution in [2.45, 2.75) is 6.92 Å². The summed E-state index contributed by atoms with van der Waals surface area (Å²) in [6.45, 7) is 1.69. The summed E-state index contributed by atoms with van der Waals surface area (Å²) in [4.78, 5) is 51.8. The summed E-state index contributed by atoms with van der Waals surface area (Å²) in [6, 6.07) is 22.8. The molecule has 0 radical (unpaired) electrons. The highest BCUT2D eigenvalue weighted by Crippen LogP contribution is 2.22. The van der Waals surface area contributed by atoms with Gasteiger partial charge >= 0.3 is 5.91 Å². The first kappa shape index (κ1) is 26.7. The number of fused-ring (bicyclic) bond motifs is 1. The summed E-state index contributed by atoms with van der Waals surface area (Å²) in [7, 11) is 1.56. The number of hydrogen-bond donors (Lipinski definition) is 2. The maximum Gasteiger partial charge on any atom is 0.314 e. The highest BCUT2D eigenvalue weighted by Gasteiger charge is 2.32. The molecule has 0 aliphatic carbocycles. The van der Waals surface area contributed by atoms with Gasteiger partial charge in [0.1, 0.15) is 16.8 Å². The number of methoxy groups -OCH3 is 1. The van der Waals surface area contributed by atoms with Crippen LogP contribution in [0.15, 0.2) is 94.3 Å². The lowest BCUT2D eigenvalue weighted by atomic mass is 10.1. The number of para-hydroxylation sites is 1. The van der Waals surface area contributed by atoms with Crippen LogP contribution in [0.5, 0.6) is 5.75 Å². The summed E-state index contributed by atoms with van der Waals surface area (Å²) in [5.41, 5.74) is 4.60. The lowest BCUT2D eigenvalue weighted by molar-refractivity contribution is -0.120. The monoisotopic (exact) mass is 579 g/mol. The van der Waals surface area contributed by atoms with Gasteiger partial charge in [0.25, 0.3) is 11.5 Å². The average molecular weight is 580 g/mol. The summed E-state index contributed by atoms with van der Waals surface area (Å²) >= 11 is 6.10. The molecular weight excluding hydrogens is 558 g/mol. The number of rotatable bonds is 5. The molecule has 0 bridgehead atoms. The topological polar surface area (TPSA) is 135 Å². The second-order valence-electron chi connectivity index (χ2n) is 9.27. The quantitative estimate of drug-likeness (QED) is 0.302. The van der Waals surface area contributed by atoms with Crippen LogP contribution < -0.4 is 15.7 Å². The van der Waals surface area contributed by atoms with Crippen molar-refractivity contribution < 1.29 is 14.3 Å². The molecule has 42 heavy (non-hydrogen) atoms. The molecule has 1 aliphatic rings. The van der Waals surface area contributed by atoms with E-state index in [9.17, 15) is 14.4 Å². The fourth-order valence-electron chi connectivity index (χ4n) is 4.47. The van der Waals surface area contributed by atoms with E-state index in [2.05, 4.69) is 25.5 Å². The Kier molecular flexibility index (Phi) is 6.85. The van der Waals surface area contributed by atoms with Crippen LogP contribution in [0.2, 0.25) is 5.02 Å². The molecule has 0 spiro atoms. The van der Waals surface area contributed by atoms with Gasteiger partial charge in [-0.05, 0) is 67.1 Å². The predicted molar refractivity (Wildman–Crippen MR) is 157 cm³/mol. The van der Waals surface area contributed by atoms with Crippen molar-refractivity contribution in [1.29, 1.82) is 0 Å². The minimum absolute atomic E-state index is 0.0591. The summed E-state index contributed by atoms with van der Waals surface area (Å²) < 4.78 is 6.69. The third-order valence-corrected chi connectivity index (χ3v) is 6.78. The van der Waals surface area contributed by atoms with Gasteiger partial charge in [0.15, 0.2) is 11.5 Å². The zero-order valence-corrected chi connectivity index (χ0v) is 23.1. The minimum atomic E-state index is -0.807. The molecule has 11 nitrogen and oxygen atoms in total. The number of carbonyl (C=O) groups excluding carboxylic acids is 2. The highest BCUT2D eigenvalue weighted by atomic mass is 35.5. The van der Waals surface area contributed by atoms with Gasteiger partial charge in [-0.15, -0.1) is 0 Å². The van der Waals surface area contributed by atoms with Gasteiger partial charge in [-0.25, -0.2) is 14.7 Å². The molecule has 0 saturated carbocycles. The Bertz CT molecular complexity index is 1960. The fourth-order valence-corrected chi connectivity index (χ4v) is 4.59. The molecule has 0 saturated heterocycles. The van der Waals surface area contributed by atoms with Crippen molar-refractivity contribution in [2.75, 3.05) is 7.11 Å². The van der Waals surface area contributed by atoms with Gasteiger partial charge in [0.2, 0.25) is 5.82 Å². The van der Waals surface area contributed by atoms with Crippen molar-refractivity contribution >= 4 is 46.4 Å². The van der Waals surface area contributed by atoms with Crippen molar-refractivity contribution in [3.05, 3.63) is 123 Å². The predicted octanol–water partition coefficient (Wildman–Crippen LogP) is 4.05. The Morgan fingerprint density at radius 1 is 0.976 bits per heavy atom. The molecule has 2 amide bonds. The molecule has 208 valence electrons. The number of ether oxygens (including phenoxy) is 1. The molecule has 6 rings (SSSR count). The average Bonchev–Trinajstić information content (AvgIpc) is 3.35.